The predicted octanol–water partition coefficient (Wildman–Crippen LogP) is 4.22. The summed E-state index contributed by atoms with van der Waals surface area (Å²) in [5.41, 5.74) is 2.04. The van der Waals surface area contributed by atoms with Gasteiger partial charge in [0.1, 0.15) is 17.5 Å². The van der Waals surface area contributed by atoms with Crippen molar-refractivity contribution >= 4 is 16.7 Å². The van der Waals surface area contributed by atoms with Crippen molar-refractivity contribution in [3.63, 3.8) is 0 Å². The normalized spacial score (nSPS) is 18.7. The van der Waals surface area contributed by atoms with E-state index >= 15 is 0 Å². The van der Waals surface area contributed by atoms with Crippen LogP contribution < -0.4 is 4.90 Å². The van der Waals surface area contributed by atoms with E-state index in [1.54, 1.807) is 0 Å². The second kappa shape index (κ2) is 7.20. The third kappa shape index (κ3) is 2.95. The number of aromatic nitrogens is 5. The lowest BCUT2D eigenvalue weighted by Crippen LogP contribution is -2.36. The minimum absolute atomic E-state index is 0.395. The van der Waals surface area contributed by atoms with Gasteiger partial charge in [-0.05, 0) is 31.4 Å². The topological polar surface area (TPSA) is 59.7 Å². The van der Waals surface area contributed by atoms with Gasteiger partial charge in [0.15, 0.2) is 5.82 Å². The Bertz CT molecular complexity index is 1200. The van der Waals surface area contributed by atoms with Crippen molar-refractivity contribution in [1.29, 1.82) is 0 Å². The second-order valence-corrected chi connectivity index (χ2v) is 8.27. The molecule has 2 aromatic heterocycles. The van der Waals surface area contributed by atoms with Crippen LogP contribution in [0.25, 0.3) is 22.3 Å². The zero-order chi connectivity index (χ0) is 19.9. The van der Waals surface area contributed by atoms with Crippen LogP contribution in [0.3, 0.4) is 0 Å². The van der Waals surface area contributed by atoms with Crippen molar-refractivity contribution in [3.8, 4) is 11.4 Å². The number of hydrogen-bond donors (Lipinski definition) is 0. The molecule has 2 aliphatic heterocycles. The van der Waals surface area contributed by atoms with Crippen molar-refractivity contribution in [3.05, 3.63) is 66.2 Å². The highest BCUT2D eigenvalue weighted by atomic mass is 15.3. The van der Waals surface area contributed by atoms with E-state index in [2.05, 4.69) is 50.0 Å². The van der Waals surface area contributed by atoms with Crippen LogP contribution in [0, 0.1) is 0 Å². The molecule has 6 nitrogen and oxygen atoms in total. The second-order valence-electron chi connectivity index (χ2n) is 8.27. The molecule has 2 aliphatic rings. The Labute approximate surface area is 175 Å². The van der Waals surface area contributed by atoms with Gasteiger partial charge in [-0.1, -0.05) is 42.5 Å². The largest absolute Gasteiger partial charge is 0.355 e. The van der Waals surface area contributed by atoms with Crippen LogP contribution in [0.4, 0.5) is 5.82 Å². The van der Waals surface area contributed by atoms with Gasteiger partial charge in [0, 0.05) is 42.9 Å². The highest BCUT2D eigenvalue weighted by Crippen LogP contribution is 2.34. The number of piperidine rings is 1. The molecule has 0 N–H and O–H groups in total. The van der Waals surface area contributed by atoms with Crippen molar-refractivity contribution in [1.82, 2.24) is 24.7 Å². The summed E-state index contributed by atoms with van der Waals surface area (Å²) in [6.45, 7) is 2.99. The van der Waals surface area contributed by atoms with Gasteiger partial charge in [0.25, 0.3) is 0 Å². The summed E-state index contributed by atoms with van der Waals surface area (Å²) in [6, 6.07) is 18.6. The van der Waals surface area contributed by atoms with E-state index in [1.165, 1.54) is 6.42 Å². The van der Waals surface area contributed by atoms with Crippen LogP contribution in [-0.4, -0.2) is 37.8 Å². The first-order chi connectivity index (χ1) is 14.9. The van der Waals surface area contributed by atoms with Crippen molar-refractivity contribution in [2.45, 2.75) is 38.1 Å². The number of benzene rings is 2. The number of aryl methyl sites for hydroxylation is 1. The van der Waals surface area contributed by atoms with Crippen LogP contribution in [0.1, 0.15) is 36.8 Å². The van der Waals surface area contributed by atoms with Crippen molar-refractivity contribution < 1.29 is 0 Å². The van der Waals surface area contributed by atoms with E-state index in [1.807, 2.05) is 24.3 Å². The fourth-order valence-corrected chi connectivity index (χ4v) is 4.87. The van der Waals surface area contributed by atoms with Crippen molar-refractivity contribution in [2.75, 3.05) is 18.0 Å². The maximum Gasteiger partial charge on any atom is 0.162 e. The lowest BCUT2D eigenvalue weighted by Gasteiger charge is -2.34. The number of nitrogens with zero attached hydrogens (tertiary/aromatic N) is 6. The molecule has 6 rings (SSSR count). The van der Waals surface area contributed by atoms with Gasteiger partial charge in [0.2, 0.25) is 0 Å². The van der Waals surface area contributed by atoms with E-state index < -0.39 is 0 Å². The summed E-state index contributed by atoms with van der Waals surface area (Å²) in [4.78, 5) is 12.3. The quantitative estimate of drug-likeness (QED) is 0.519. The summed E-state index contributed by atoms with van der Waals surface area (Å²) < 4.78 is 2.35. The molecule has 0 bridgehead atoms. The van der Waals surface area contributed by atoms with Gasteiger partial charge >= 0.3 is 0 Å². The molecule has 2 aromatic carbocycles. The average molecular weight is 396 g/mol. The first-order valence-corrected chi connectivity index (χ1v) is 10.9. The fourth-order valence-electron chi connectivity index (χ4n) is 4.87. The van der Waals surface area contributed by atoms with Crippen LogP contribution in [0.15, 0.2) is 54.6 Å². The smallest absolute Gasteiger partial charge is 0.162 e. The summed E-state index contributed by atoms with van der Waals surface area (Å²) >= 11 is 0. The van der Waals surface area contributed by atoms with Gasteiger partial charge in [-0.3, -0.25) is 0 Å². The molecule has 1 saturated heterocycles. The summed E-state index contributed by atoms with van der Waals surface area (Å²) in [5.74, 6) is 4.53. The van der Waals surface area contributed by atoms with Gasteiger partial charge in [0.05, 0.1) is 5.52 Å². The molecule has 0 aliphatic carbocycles. The molecule has 150 valence electrons. The molecular weight excluding hydrogens is 372 g/mol. The highest BCUT2D eigenvalue weighted by molar-refractivity contribution is 5.91. The van der Waals surface area contributed by atoms with Gasteiger partial charge < -0.3 is 9.47 Å². The van der Waals surface area contributed by atoms with Crippen LogP contribution in [0.5, 0.6) is 0 Å². The monoisotopic (exact) mass is 396 g/mol. The molecule has 0 radical (unpaired) electrons. The number of para-hydroxylation sites is 1. The summed E-state index contributed by atoms with van der Waals surface area (Å²) in [5, 5.41) is 10.1. The van der Waals surface area contributed by atoms with Crippen molar-refractivity contribution in [2.24, 2.45) is 0 Å². The fraction of sp³-hybridized carbons (Fsp3) is 0.333. The Morgan fingerprint density at radius 1 is 0.833 bits per heavy atom. The van der Waals surface area contributed by atoms with Gasteiger partial charge in [-0.15, -0.1) is 10.2 Å². The van der Waals surface area contributed by atoms with E-state index in [0.29, 0.717) is 5.92 Å². The third-order valence-electron chi connectivity index (χ3n) is 6.34. The number of anilines is 1. The third-order valence-corrected chi connectivity index (χ3v) is 6.34. The molecule has 30 heavy (non-hydrogen) atoms. The maximum atomic E-state index is 5.06. The van der Waals surface area contributed by atoms with Crippen LogP contribution in [-0.2, 0) is 13.0 Å². The first-order valence-electron chi connectivity index (χ1n) is 10.9. The Balaban J connectivity index is 1.41. The van der Waals surface area contributed by atoms with E-state index in [4.69, 9.17) is 9.97 Å². The zero-order valence-electron chi connectivity index (χ0n) is 16.9. The van der Waals surface area contributed by atoms with Crippen LogP contribution >= 0.6 is 0 Å². The lowest BCUT2D eigenvalue weighted by atomic mass is 9.96. The molecule has 0 saturated carbocycles. The van der Waals surface area contributed by atoms with Gasteiger partial charge in [-0.2, -0.15) is 0 Å². The molecule has 0 spiro atoms. The van der Waals surface area contributed by atoms with E-state index in [9.17, 15) is 0 Å². The molecule has 6 heteroatoms. The Hall–Kier alpha value is -3.28. The number of fused-ring (bicyclic) bond motifs is 2. The summed E-state index contributed by atoms with van der Waals surface area (Å²) in [7, 11) is 0. The SMILES string of the molecule is c1ccc(-c2nc(N3CCCC(c4nnc5n4CCC5)C3)c3ccccc3n2)cc1. The lowest BCUT2D eigenvalue weighted by molar-refractivity contribution is 0.471. The maximum absolute atomic E-state index is 5.06. The minimum Gasteiger partial charge on any atom is -0.355 e. The minimum atomic E-state index is 0.395. The molecular formula is C24H24N6. The van der Waals surface area contributed by atoms with E-state index in [0.717, 1.165) is 78.7 Å². The molecule has 0 amide bonds. The number of hydrogen-bond acceptors (Lipinski definition) is 5. The average Bonchev–Trinajstić information content (AvgIpc) is 3.43. The molecule has 4 aromatic rings. The highest BCUT2D eigenvalue weighted by Gasteiger charge is 2.29. The summed E-state index contributed by atoms with van der Waals surface area (Å²) in [6.07, 6.45) is 4.53. The molecule has 4 heterocycles. The van der Waals surface area contributed by atoms with E-state index in [-0.39, 0.29) is 0 Å². The molecule has 1 unspecified atom stereocenters. The zero-order valence-corrected chi connectivity index (χ0v) is 16.9. The first kappa shape index (κ1) is 17.6. The molecule has 1 atom stereocenters. The Kier molecular flexibility index (Phi) is 4.22. The molecule has 1 fully saturated rings. The number of rotatable bonds is 3. The Morgan fingerprint density at radius 3 is 2.63 bits per heavy atom. The van der Waals surface area contributed by atoms with Crippen LogP contribution in [0.2, 0.25) is 0 Å². The van der Waals surface area contributed by atoms with Gasteiger partial charge in [-0.25, -0.2) is 9.97 Å². The predicted molar refractivity (Wildman–Crippen MR) is 118 cm³/mol. The standard InChI is InChI=1S/C24H24N6/c1-2-8-17(9-3-1)22-25-20-12-5-4-11-19(20)24(26-22)29-14-6-10-18(16-29)23-28-27-21-13-7-15-30(21)23/h1-5,8-9,11-12,18H,6-7,10,13-16H2. The Morgan fingerprint density at radius 2 is 1.70 bits per heavy atom.